The summed E-state index contributed by atoms with van der Waals surface area (Å²) in [6.07, 6.45) is 2.70. The molecule has 1 aromatic heterocycles. The predicted molar refractivity (Wildman–Crippen MR) is 56.1 cm³/mol. The average Bonchev–Trinajstić information content (AvgIpc) is 2.78. The Labute approximate surface area is 90.9 Å². The van der Waals surface area contributed by atoms with Crippen molar-refractivity contribution in [1.82, 2.24) is 9.55 Å². The molecule has 0 fully saturated rings. The molecule has 0 aliphatic carbocycles. The highest BCUT2D eigenvalue weighted by molar-refractivity contribution is 5.37. The van der Waals surface area contributed by atoms with Crippen LogP contribution in [0.2, 0.25) is 0 Å². The molecule has 1 N–H and O–H groups in total. The van der Waals surface area contributed by atoms with Gasteiger partial charge in [0.15, 0.2) is 0 Å². The minimum absolute atomic E-state index is 0.0649. The first-order valence-electron chi connectivity index (χ1n) is 4.59. The van der Waals surface area contributed by atoms with Gasteiger partial charge in [0.25, 0.3) is 0 Å². The van der Waals surface area contributed by atoms with Crippen LogP contribution in [0.5, 0.6) is 0 Å². The topological polar surface area (TPSA) is 81.2 Å². The fourth-order valence-corrected chi connectivity index (χ4v) is 1.36. The van der Waals surface area contributed by atoms with E-state index in [9.17, 15) is 10.1 Å². The molecule has 16 heavy (non-hydrogen) atoms. The number of aliphatic hydroxyl groups is 1. The quantitative estimate of drug-likeness (QED) is 0.622. The second kappa shape index (κ2) is 4.11. The number of benzene rings is 1. The first-order valence-corrected chi connectivity index (χ1v) is 4.59. The Balaban J connectivity index is 2.38. The summed E-state index contributed by atoms with van der Waals surface area (Å²) < 4.78 is 1.54. The average molecular weight is 219 g/mol. The van der Waals surface area contributed by atoms with Gasteiger partial charge in [0.2, 0.25) is 6.33 Å². The first-order chi connectivity index (χ1) is 7.70. The molecule has 0 atom stereocenters. The van der Waals surface area contributed by atoms with Crippen molar-refractivity contribution in [3.05, 3.63) is 52.5 Å². The maximum absolute atomic E-state index is 10.5. The van der Waals surface area contributed by atoms with Gasteiger partial charge in [-0.15, -0.1) is 0 Å². The lowest BCUT2D eigenvalue weighted by Gasteiger charge is -2.01. The lowest BCUT2D eigenvalue weighted by Crippen LogP contribution is -1.92. The van der Waals surface area contributed by atoms with E-state index >= 15 is 0 Å². The molecule has 6 heteroatoms. The molecule has 0 unspecified atom stereocenters. The third-order valence-electron chi connectivity index (χ3n) is 2.15. The molecule has 82 valence electrons. The Kier molecular flexibility index (Phi) is 2.65. The van der Waals surface area contributed by atoms with Gasteiger partial charge in [0.1, 0.15) is 6.20 Å². The number of aromatic nitrogens is 2. The molecule has 0 aliphatic rings. The highest BCUT2D eigenvalue weighted by atomic mass is 16.6. The number of hydrogen-bond acceptors (Lipinski definition) is 4. The van der Waals surface area contributed by atoms with E-state index in [-0.39, 0.29) is 12.4 Å². The molecule has 0 bridgehead atoms. The standard InChI is InChI=1S/C10H9N3O3/c14-6-8-2-1-3-9(4-8)12-5-10(11-7-12)13(15)16/h1-5,7,14H,6H2. The molecule has 0 amide bonds. The highest BCUT2D eigenvalue weighted by Crippen LogP contribution is 2.14. The summed E-state index contributed by atoms with van der Waals surface area (Å²) in [7, 11) is 0. The van der Waals surface area contributed by atoms with Gasteiger partial charge in [-0.05, 0) is 27.6 Å². The molecule has 0 spiro atoms. The van der Waals surface area contributed by atoms with Crippen LogP contribution in [-0.4, -0.2) is 19.6 Å². The van der Waals surface area contributed by atoms with E-state index < -0.39 is 4.92 Å². The minimum atomic E-state index is -0.549. The Morgan fingerprint density at radius 1 is 1.50 bits per heavy atom. The van der Waals surface area contributed by atoms with E-state index in [4.69, 9.17) is 5.11 Å². The molecule has 0 saturated carbocycles. The number of nitro groups is 1. The number of nitrogens with zero attached hydrogens (tertiary/aromatic N) is 3. The third kappa shape index (κ3) is 1.91. The minimum Gasteiger partial charge on any atom is -0.392 e. The van der Waals surface area contributed by atoms with E-state index in [0.29, 0.717) is 0 Å². The van der Waals surface area contributed by atoms with Gasteiger partial charge in [-0.1, -0.05) is 12.1 Å². The Morgan fingerprint density at radius 3 is 2.94 bits per heavy atom. The van der Waals surface area contributed by atoms with Crippen molar-refractivity contribution in [2.24, 2.45) is 0 Å². The molecular formula is C10H9N3O3. The second-order valence-electron chi connectivity index (χ2n) is 3.22. The molecule has 2 aromatic rings. The van der Waals surface area contributed by atoms with Gasteiger partial charge < -0.3 is 15.2 Å². The molecule has 1 aromatic carbocycles. The van der Waals surface area contributed by atoms with Crippen molar-refractivity contribution in [2.45, 2.75) is 6.61 Å². The van der Waals surface area contributed by atoms with Crippen LogP contribution in [0, 0.1) is 10.1 Å². The number of hydrogen-bond donors (Lipinski definition) is 1. The van der Waals surface area contributed by atoms with Crippen LogP contribution in [0.3, 0.4) is 0 Å². The Hall–Kier alpha value is -2.21. The van der Waals surface area contributed by atoms with Crippen LogP contribution in [0.4, 0.5) is 5.82 Å². The van der Waals surface area contributed by atoms with E-state index in [2.05, 4.69) is 4.98 Å². The number of aliphatic hydroxyl groups excluding tert-OH is 1. The van der Waals surface area contributed by atoms with E-state index in [1.54, 1.807) is 24.3 Å². The highest BCUT2D eigenvalue weighted by Gasteiger charge is 2.10. The summed E-state index contributed by atoms with van der Waals surface area (Å²) in [5, 5.41) is 19.4. The van der Waals surface area contributed by atoms with Crippen LogP contribution in [0.1, 0.15) is 5.56 Å². The molecule has 0 saturated heterocycles. The molecule has 6 nitrogen and oxygen atoms in total. The molecule has 0 aliphatic heterocycles. The third-order valence-corrected chi connectivity index (χ3v) is 2.15. The summed E-state index contributed by atoms with van der Waals surface area (Å²) in [6, 6.07) is 7.07. The lowest BCUT2D eigenvalue weighted by atomic mass is 10.2. The van der Waals surface area contributed by atoms with E-state index in [0.717, 1.165) is 11.3 Å². The van der Waals surface area contributed by atoms with Gasteiger partial charge in [-0.25, -0.2) is 0 Å². The number of imidazole rings is 1. The summed E-state index contributed by atoms with van der Waals surface area (Å²) in [5.41, 5.74) is 1.47. The van der Waals surface area contributed by atoms with Crippen LogP contribution in [0.15, 0.2) is 36.8 Å². The van der Waals surface area contributed by atoms with Crippen molar-refractivity contribution < 1.29 is 10.0 Å². The summed E-state index contributed by atoms with van der Waals surface area (Å²) >= 11 is 0. The largest absolute Gasteiger partial charge is 0.392 e. The van der Waals surface area contributed by atoms with Crippen LogP contribution in [0.25, 0.3) is 5.69 Å². The van der Waals surface area contributed by atoms with Crippen LogP contribution in [-0.2, 0) is 6.61 Å². The summed E-state index contributed by atoms with van der Waals surface area (Å²) in [4.78, 5) is 13.6. The van der Waals surface area contributed by atoms with Crippen molar-refractivity contribution in [2.75, 3.05) is 0 Å². The molecular weight excluding hydrogens is 210 g/mol. The van der Waals surface area contributed by atoms with Crippen LogP contribution >= 0.6 is 0 Å². The SMILES string of the molecule is O=[N+]([O-])c1cn(-c2cccc(CO)c2)cn1. The number of rotatable bonds is 3. The smallest absolute Gasteiger partial charge is 0.381 e. The second-order valence-corrected chi connectivity index (χ2v) is 3.22. The maximum atomic E-state index is 10.5. The first kappa shape index (κ1) is 10.3. The zero-order valence-corrected chi connectivity index (χ0v) is 8.28. The predicted octanol–water partition coefficient (Wildman–Crippen LogP) is 1.27. The lowest BCUT2D eigenvalue weighted by molar-refractivity contribution is -0.389. The van der Waals surface area contributed by atoms with Crippen molar-refractivity contribution in [3.8, 4) is 5.69 Å². The van der Waals surface area contributed by atoms with Gasteiger partial charge in [0.05, 0.1) is 6.61 Å². The monoisotopic (exact) mass is 219 g/mol. The van der Waals surface area contributed by atoms with Crippen LogP contribution < -0.4 is 0 Å². The summed E-state index contributed by atoms with van der Waals surface area (Å²) in [6.45, 7) is -0.0649. The van der Waals surface area contributed by atoms with Gasteiger partial charge in [-0.2, -0.15) is 0 Å². The fraction of sp³-hybridized carbons (Fsp3) is 0.100. The van der Waals surface area contributed by atoms with Crippen molar-refractivity contribution in [3.63, 3.8) is 0 Å². The molecule has 2 rings (SSSR count). The van der Waals surface area contributed by atoms with Gasteiger partial charge in [0, 0.05) is 5.69 Å². The molecule has 0 radical (unpaired) electrons. The molecule has 1 heterocycles. The Morgan fingerprint density at radius 2 is 2.31 bits per heavy atom. The van der Waals surface area contributed by atoms with E-state index in [1.807, 2.05) is 0 Å². The van der Waals surface area contributed by atoms with E-state index in [1.165, 1.54) is 17.1 Å². The fourth-order valence-electron chi connectivity index (χ4n) is 1.36. The van der Waals surface area contributed by atoms with Crippen molar-refractivity contribution >= 4 is 5.82 Å². The Bertz CT molecular complexity index is 522. The maximum Gasteiger partial charge on any atom is 0.381 e. The normalized spacial score (nSPS) is 10.3. The zero-order chi connectivity index (χ0) is 11.5. The van der Waals surface area contributed by atoms with Gasteiger partial charge >= 0.3 is 5.82 Å². The zero-order valence-electron chi connectivity index (χ0n) is 8.28. The van der Waals surface area contributed by atoms with Crippen molar-refractivity contribution in [1.29, 1.82) is 0 Å². The summed E-state index contributed by atoms with van der Waals surface area (Å²) in [5.74, 6) is -0.200. The van der Waals surface area contributed by atoms with Gasteiger partial charge in [-0.3, -0.25) is 4.57 Å².